The maximum Gasteiger partial charge on any atom is 0.358 e. The number of aromatic nitrogens is 3. The molecule has 2 rings (SSSR count). The van der Waals surface area contributed by atoms with Crippen LogP contribution in [0.2, 0.25) is 0 Å². The molecule has 98 valence electrons. The molecule has 0 unspecified atom stereocenters. The Balaban J connectivity index is 1.84. The average Bonchev–Trinajstić information content (AvgIpc) is 2.73. The molecular weight excluding hydrogens is 238 g/mol. The fourth-order valence-corrected chi connectivity index (χ4v) is 1.69. The average molecular weight is 253 g/mol. The van der Waals surface area contributed by atoms with Gasteiger partial charge in [0.25, 0.3) is 0 Å². The Bertz CT molecular complexity index is 452. The number of carboxylic acids is 1. The third kappa shape index (κ3) is 2.41. The van der Waals surface area contributed by atoms with Crippen molar-refractivity contribution in [3.8, 4) is 0 Å². The lowest BCUT2D eigenvalue weighted by Crippen LogP contribution is -2.54. The van der Waals surface area contributed by atoms with E-state index in [1.165, 1.54) is 10.9 Å². The standard InChI is InChI=1S/C10H15N5O3/c1-2-3-11-10(18)14-4-7(5-14)15-6-8(9(16)17)12-13-15/h6-7H,2-5H2,1H3,(H,11,18)(H,16,17). The molecule has 0 saturated carbocycles. The van der Waals surface area contributed by atoms with Gasteiger partial charge in [-0.15, -0.1) is 5.10 Å². The molecule has 1 aliphatic heterocycles. The first-order chi connectivity index (χ1) is 8.61. The summed E-state index contributed by atoms with van der Waals surface area (Å²) in [6, 6.07) is -0.0790. The lowest BCUT2D eigenvalue weighted by molar-refractivity contribution is 0.0690. The van der Waals surface area contributed by atoms with Gasteiger partial charge in [-0.1, -0.05) is 12.1 Å². The van der Waals surface area contributed by atoms with Crippen molar-refractivity contribution in [3.63, 3.8) is 0 Å². The van der Waals surface area contributed by atoms with E-state index in [0.29, 0.717) is 19.6 Å². The molecule has 2 N–H and O–H groups in total. The SMILES string of the molecule is CCCNC(=O)N1CC(n2cc(C(=O)O)nn2)C1. The van der Waals surface area contributed by atoms with Crippen molar-refractivity contribution >= 4 is 12.0 Å². The summed E-state index contributed by atoms with van der Waals surface area (Å²) in [4.78, 5) is 23.8. The Hall–Kier alpha value is -2.12. The van der Waals surface area contributed by atoms with Crippen LogP contribution in [0.25, 0.3) is 0 Å². The van der Waals surface area contributed by atoms with Crippen LogP contribution in [0.5, 0.6) is 0 Å². The third-order valence-electron chi connectivity index (χ3n) is 2.78. The number of carbonyl (C=O) groups excluding carboxylic acids is 1. The predicted molar refractivity (Wildman–Crippen MR) is 61.3 cm³/mol. The van der Waals surface area contributed by atoms with Crippen LogP contribution in [0.1, 0.15) is 29.9 Å². The van der Waals surface area contributed by atoms with Crippen molar-refractivity contribution < 1.29 is 14.7 Å². The molecule has 0 aromatic carbocycles. The Morgan fingerprint density at radius 1 is 1.56 bits per heavy atom. The quantitative estimate of drug-likeness (QED) is 0.783. The number of aromatic carboxylic acids is 1. The minimum Gasteiger partial charge on any atom is -0.476 e. The number of nitrogens with one attached hydrogen (secondary N) is 1. The summed E-state index contributed by atoms with van der Waals surface area (Å²) in [6.45, 7) is 3.70. The molecule has 8 heteroatoms. The highest BCUT2D eigenvalue weighted by Crippen LogP contribution is 2.20. The van der Waals surface area contributed by atoms with Crippen molar-refractivity contribution in [1.29, 1.82) is 0 Å². The second-order valence-corrected chi connectivity index (χ2v) is 4.18. The maximum absolute atomic E-state index is 11.5. The molecule has 0 radical (unpaired) electrons. The first-order valence-corrected chi connectivity index (χ1v) is 5.79. The first kappa shape index (κ1) is 12.3. The molecule has 0 spiro atoms. The van der Waals surface area contributed by atoms with Crippen LogP contribution >= 0.6 is 0 Å². The molecule has 2 amide bonds. The van der Waals surface area contributed by atoms with Crippen LogP contribution in [0.15, 0.2) is 6.20 Å². The number of carboxylic acid groups (broad SMARTS) is 1. The molecule has 2 heterocycles. The van der Waals surface area contributed by atoms with Gasteiger partial charge in [-0.05, 0) is 6.42 Å². The summed E-state index contributed by atoms with van der Waals surface area (Å²) >= 11 is 0. The summed E-state index contributed by atoms with van der Waals surface area (Å²) < 4.78 is 1.49. The first-order valence-electron chi connectivity index (χ1n) is 5.79. The number of amides is 2. The van der Waals surface area contributed by atoms with Crippen LogP contribution < -0.4 is 5.32 Å². The summed E-state index contributed by atoms with van der Waals surface area (Å²) in [5.41, 5.74) is -0.0797. The van der Waals surface area contributed by atoms with Crippen LogP contribution in [0.3, 0.4) is 0 Å². The fraction of sp³-hybridized carbons (Fsp3) is 0.600. The van der Waals surface area contributed by atoms with E-state index in [4.69, 9.17) is 5.11 Å². The summed E-state index contributed by atoms with van der Waals surface area (Å²) in [6.07, 6.45) is 2.28. The van der Waals surface area contributed by atoms with Crippen molar-refractivity contribution in [3.05, 3.63) is 11.9 Å². The number of rotatable bonds is 4. The molecule has 0 atom stereocenters. The van der Waals surface area contributed by atoms with Gasteiger partial charge >= 0.3 is 12.0 Å². The van der Waals surface area contributed by atoms with Crippen molar-refractivity contribution in [2.24, 2.45) is 0 Å². The zero-order chi connectivity index (χ0) is 13.1. The second kappa shape index (κ2) is 5.03. The van der Waals surface area contributed by atoms with E-state index in [0.717, 1.165) is 6.42 Å². The van der Waals surface area contributed by atoms with Gasteiger partial charge in [0.05, 0.1) is 12.2 Å². The van der Waals surface area contributed by atoms with Crippen LogP contribution in [0, 0.1) is 0 Å². The Labute approximate surface area is 104 Å². The monoisotopic (exact) mass is 253 g/mol. The minimum absolute atomic E-state index is 0.0120. The maximum atomic E-state index is 11.5. The highest BCUT2D eigenvalue weighted by atomic mass is 16.4. The summed E-state index contributed by atoms with van der Waals surface area (Å²) in [7, 11) is 0. The van der Waals surface area contributed by atoms with Gasteiger partial charge < -0.3 is 15.3 Å². The number of hydrogen-bond acceptors (Lipinski definition) is 4. The number of hydrogen-bond donors (Lipinski definition) is 2. The minimum atomic E-state index is -1.10. The molecular formula is C10H15N5O3. The van der Waals surface area contributed by atoms with E-state index >= 15 is 0 Å². The third-order valence-corrected chi connectivity index (χ3v) is 2.78. The Morgan fingerprint density at radius 3 is 2.83 bits per heavy atom. The molecule has 1 aromatic heterocycles. The van der Waals surface area contributed by atoms with E-state index < -0.39 is 5.97 Å². The van der Waals surface area contributed by atoms with E-state index in [2.05, 4.69) is 15.6 Å². The summed E-state index contributed by atoms with van der Waals surface area (Å²) in [5.74, 6) is -1.10. The topological polar surface area (TPSA) is 100 Å². The number of likely N-dealkylation sites (tertiary alicyclic amines) is 1. The molecule has 1 fully saturated rings. The second-order valence-electron chi connectivity index (χ2n) is 4.18. The smallest absolute Gasteiger partial charge is 0.358 e. The van der Waals surface area contributed by atoms with Crippen LogP contribution in [-0.4, -0.2) is 56.6 Å². The van der Waals surface area contributed by atoms with Crippen molar-refractivity contribution in [1.82, 2.24) is 25.2 Å². The van der Waals surface area contributed by atoms with Gasteiger partial charge in [0.1, 0.15) is 0 Å². The van der Waals surface area contributed by atoms with Gasteiger partial charge in [0.2, 0.25) is 0 Å². The number of urea groups is 1. The molecule has 18 heavy (non-hydrogen) atoms. The molecule has 1 saturated heterocycles. The number of carbonyl (C=O) groups is 2. The Kier molecular flexibility index (Phi) is 3.45. The van der Waals surface area contributed by atoms with E-state index in [1.54, 1.807) is 4.90 Å². The van der Waals surface area contributed by atoms with E-state index in [9.17, 15) is 9.59 Å². The highest BCUT2D eigenvalue weighted by molar-refractivity contribution is 5.84. The zero-order valence-electron chi connectivity index (χ0n) is 10.0. The van der Waals surface area contributed by atoms with Gasteiger partial charge in [-0.25, -0.2) is 14.3 Å². The molecule has 1 aromatic rings. The molecule has 0 aliphatic carbocycles. The molecule has 0 bridgehead atoms. The molecule has 1 aliphatic rings. The van der Waals surface area contributed by atoms with E-state index in [-0.39, 0.29) is 17.8 Å². The lowest BCUT2D eigenvalue weighted by Gasteiger charge is -2.38. The molecule has 8 nitrogen and oxygen atoms in total. The van der Waals surface area contributed by atoms with Crippen molar-refractivity contribution in [2.75, 3.05) is 19.6 Å². The largest absolute Gasteiger partial charge is 0.476 e. The zero-order valence-corrected chi connectivity index (χ0v) is 10.0. The lowest BCUT2D eigenvalue weighted by atomic mass is 10.1. The van der Waals surface area contributed by atoms with Crippen LogP contribution in [0.4, 0.5) is 4.79 Å². The van der Waals surface area contributed by atoms with Crippen molar-refractivity contribution in [2.45, 2.75) is 19.4 Å². The highest BCUT2D eigenvalue weighted by Gasteiger charge is 2.32. The van der Waals surface area contributed by atoms with Gasteiger partial charge in [0, 0.05) is 19.6 Å². The van der Waals surface area contributed by atoms with Gasteiger partial charge in [-0.2, -0.15) is 0 Å². The predicted octanol–water partition coefficient (Wildman–Crippen LogP) is -0.0474. The van der Waals surface area contributed by atoms with Gasteiger partial charge in [-0.3, -0.25) is 0 Å². The van der Waals surface area contributed by atoms with Gasteiger partial charge in [0.15, 0.2) is 5.69 Å². The Morgan fingerprint density at radius 2 is 2.28 bits per heavy atom. The van der Waals surface area contributed by atoms with Crippen LogP contribution in [-0.2, 0) is 0 Å². The summed E-state index contributed by atoms with van der Waals surface area (Å²) in [5, 5.41) is 18.8. The van der Waals surface area contributed by atoms with E-state index in [1.807, 2.05) is 6.92 Å². The fourth-order valence-electron chi connectivity index (χ4n) is 1.69. The normalized spacial score (nSPS) is 15.3. The number of nitrogens with zero attached hydrogens (tertiary/aromatic N) is 4.